The van der Waals surface area contributed by atoms with E-state index >= 15 is 0 Å². The Morgan fingerprint density at radius 3 is 2.37 bits per heavy atom. The molecular weight excluding hydrogens is 378 g/mol. The van der Waals surface area contributed by atoms with E-state index in [-0.39, 0.29) is 17.7 Å². The molecule has 0 saturated heterocycles. The summed E-state index contributed by atoms with van der Waals surface area (Å²) in [4.78, 5) is 24.7. The van der Waals surface area contributed by atoms with Crippen molar-refractivity contribution in [3.8, 4) is 11.4 Å². The Hall–Kier alpha value is -3.41. The van der Waals surface area contributed by atoms with Gasteiger partial charge in [-0.3, -0.25) is 9.59 Å². The molecule has 0 spiro atoms. The van der Waals surface area contributed by atoms with Crippen molar-refractivity contribution in [2.45, 2.75) is 33.1 Å². The Balaban J connectivity index is 1.61. The number of hydrogen-bond donors (Lipinski definition) is 1. The van der Waals surface area contributed by atoms with Crippen LogP contribution in [0.4, 0.5) is 0 Å². The number of carbonyl (C=O) groups is 1. The minimum atomic E-state index is -0.517. The summed E-state index contributed by atoms with van der Waals surface area (Å²) in [6, 6.07) is 18.7. The van der Waals surface area contributed by atoms with Gasteiger partial charge in [-0.05, 0) is 42.2 Å². The molecule has 30 heavy (non-hydrogen) atoms. The molecule has 6 nitrogen and oxygen atoms in total. The molecule has 6 heteroatoms. The van der Waals surface area contributed by atoms with Crippen LogP contribution >= 0.6 is 0 Å². The van der Waals surface area contributed by atoms with Crippen LogP contribution in [-0.4, -0.2) is 28.8 Å². The minimum Gasteiger partial charge on any atom is -0.492 e. The SMILES string of the molecule is Cc1cc(=O)c(C(=O)NCCOc2ccc(C(C)(C)C)cc2)nn1-c1ccccc1. The minimum absolute atomic E-state index is 0.0835. The quantitative estimate of drug-likeness (QED) is 0.636. The van der Waals surface area contributed by atoms with E-state index in [4.69, 9.17) is 4.74 Å². The lowest BCUT2D eigenvalue weighted by molar-refractivity contribution is 0.0939. The average molecular weight is 405 g/mol. The average Bonchev–Trinajstić information content (AvgIpc) is 2.71. The van der Waals surface area contributed by atoms with Crippen molar-refractivity contribution in [1.82, 2.24) is 15.1 Å². The Morgan fingerprint density at radius 1 is 1.07 bits per heavy atom. The van der Waals surface area contributed by atoms with E-state index in [1.807, 2.05) is 54.6 Å². The first-order chi connectivity index (χ1) is 14.3. The summed E-state index contributed by atoms with van der Waals surface area (Å²) >= 11 is 0. The second-order valence-corrected chi connectivity index (χ2v) is 8.12. The van der Waals surface area contributed by atoms with Crippen LogP contribution in [0.5, 0.6) is 5.75 Å². The number of aromatic nitrogens is 2. The number of para-hydroxylation sites is 1. The van der Waals surface area contributed by atoms with Crippen LogP contribution in [0.25, 0.3) is 5.69 Å². The van der Waals surface area contributed by atoms with Crippen LogP contribution in [-0.2, 0) is 5.41 Å². The maximum absolute atomic E-state index is 12.5. The van der Waals surface area contributed by atoms with Gasteiger partial charge in [-0.15, -0.1) is 0 Å². The van der Waals surface area contributed by atoms with Crippen molar-refractivity contribution in [2.75, 3.05) is 13.2 Å². The third kappa shape index (κ3) is 5.14. The van der Waals surface area contributed by atoms with Gasteiger partial charge < -0.3 is 10.1 Å². The molecule has 1 aromatic heterocycles. The topological polar surface area (TPSA) is 73.2 Å². The lowest BCUT2D eigenvalue weighted by Crippen LogP contribution is -2.34. The van der Waals surface area contributed by atoms with E-state index in [1.54, 1.807) is 11.6 Å². The molecular formula is C24H27N3O3. The van der Waals surface area contributed by atoms with Crippen molar-refractivity contribution < 1.29 is 9.53 Å². The van der Waals surface area contributed by atoms with E-state index in [2.05, 4.69) is 31.2 Å². The monoisotopic (exact) mass is 405 g/mol. The highest BCUT2D eigenvalue weighted by atomic mass is 16.5. The highest BCUT2D eigenvalue weighted by molar-refractivity contribution is 5.92. The highest BCUT2D eigenvalue weighted by Crippen LogP contribution is 2.24. The Morgan fingerprint density at radius 2 is 1.73 bits per heavy atom. The summed E-state index contributed by atoms with van der Waals surface area (Å²) in [6.07, 6.45) is 0. The fraction of sp³-hybridized carbons (Fsp3) is 0.292. The van der Waals surface area contributed by atoms with Gasteiger partial charge in [0.25, 0.3) is 5.91 Å². The molecule has 0 bridgehead atoms. The Labute approximate surface area is 176 Å². The van der Waals surface area contributed by atoms with Gasteiger partial charge in [-0.25, -0.2) is 4.68 Å². The summed E-state index contributed by atoms with van der Waals surface area (Å²) in [5.74, 6) is 0.216. The summed E-state index contributed by atoms with van der Waals surface area (Å²) in [7, 11) is 0. The van der Waals surface area contributed by atoms with Gasteiger partial charge in [0.2, 0.25) is 5.43 Å². The van der Waals surface area contributed by atoms with Crippen LogP contribution in [0, 0.1) is 6.92 Å². The zero-order valence-corrected chi connectivity index (χ0v) is 17.8. The van der Waals surface area contributed by atoms with Gasteiger partial charge in [0, 0.05) is 11.8 Å². The predicted molar refractivity (Wildman–Crippen MR) is 118 cm³/mol. The number of amides is 1. The van der Waals surface area contributed by atoms with Gasteiger partial charge in [0.15, 0.2) is 5.69 Å². The normalized spacial score (nSPS) is 11.2. The Bertz CT molecular complexity index is 1070. The smallest absolute Gasteiger partial charge is 0.275 e. The van der Waals surface area contributed by atoms with Crippen molar-refractivity contribution >= 4 is 5.91 Å². The molecule has 0 aliphatic heterocycles. The molecule has 0 radical (unpaired) electrons. The summed E-state index contributed by atoms with van der Waals surface area (Å²) in [5, 5.41) is 6.97. The molecule has 1 amide bonds. The molecule has 2 aromatic carbocycles. The van der Waals surface area contributed by atoms with Crippen LogP contribution in [0.1, 0.15) is 42.5 Å². The number of ether oxygens (including phenoxy) is 1. The fourth-order valence-electron chi connectivity index (χ4n) is 3.00. The third-order valence-corrected chi connectivity index (χ3v) is 4.70. The van der Waals surface area contributed by atoms with Gasteiger partial charge in [0.05, 0.1) is 12.2 Å². The molecule has 0 aliphatic carbocycles. The maximum Gasteiger partial charge on any atom is 0.275 e. The number of carbonyl (C=O) groups excluding carboxylic acids is 1. The molecule has 0 fully saturated rings. The standard InChI is InChI=1S/C24H27N3O3/c1-17-16-21(28)22(26-27(17)19-8-6-5-7-9-19)23(29)25-14-15-30-20-12-10-18(11-13-20)24(2,3)4/h5-13,16H,14-15H2,1-4H3,(H,25,29). The van der Waals surface area contributed by atoms with Gasteiger partial charge in [-0.1, -0.05) is 51.1 Å². The molecule has 0 atom stereocenters. The van der Waals surface area contributed by atoms with Crippen molar-refractivity contribution in [3.05, 3.63) is 87.8 Å². The van der Waals surface area contributed by atoms with Crippen molar-refractivity contribution in [1.29, 1.82) is 0 Å². The maximum atomic E-state index is 12.5. The second kappa shape index (κ2) is 8.95. The Kier molecular flexibility index (Phi) is 6.35. The zero-order valence-electron chi connectivity index (χ0n) is 17.8. The number of hydrogen-bond acceptors (Lipinski definition) is 4. The van der Waals surface area contributed by atoms with Crippen LogP contribution in [0.2, 0.25) is 0 Å². The van der Waals surface area contributed by atoms with Gasteiger partial charge in [0.1, 0.15) is 12.4 Å². The first-order valence-electron chi connectivity index (χ1n) is 9.93. The van der Waals surface area contributed by atoms with E-state index in [0.717, 1.165) is 11.4 Å². The van der Waals surface area contributed by atoms with E-state index < -0.39 is 11.3 Å². The third-order valence-electron chi connectivity index (χ3n) is 4.70. The zero-order chi connectivity index (χ0) is 21.7. The van der Waals surface area contributed by atoms with Crippen molar-refractivity contribution in [2.24, 2.45) is 0 Å². The molecule has 3 aromatic rings. The molecule has 0 saturated carbocycles. The number of benzene rings is 2. The molecule has 1 heterocycles. The first kappa shape index (κ1) is 21.3. The lowest BCUT2D eigenvalue weighted by Gasteiger charge is -2.19. The molecule has 156 valence electrons. The van der Waals surface area contributed by atoms with Gasteiger partial charge in [-0.2, -0.15) is 5.10 Å². The van der Waals surface area contributed by atoms with E-state index in [9.17, 15) is 9.59 Å². The highest BCUT2D eigenvalue weighted by Gasteiger charge is 2.15. The largest absolute Gasteiger partial charge is 0.492 e. The number of aryl methyl sites for hydroxylation is 1. The van der Waals surface area contributed by atoms with Crippen LogP contribution < -0.4 is 15.5 Å². The molecule has 0 unspecified atom stereocenters. The van der Waals surface area contributed by atoms with Crippen molar-refractivity contribution in [3.63, 3.8) is 0 Å². The fourth-order valence-corrected chi connectivity index (χ4v) is 3.00. The number of nitrogens with zero attached hydrogens (tertiary/aromatic N) is 2. The molecule has 1 N–H and O–H groups in total. The first-order valence-corrected chi connectivity index (χ1v) is 9.93. The van der Waals surface area contributed by atoms with E-state index in [0.29, 0.717) is 12.3 Å². The van der Waals surface area contributed by atoms with E-state index in [1.165, 1.54) is 11.6 Å². The predicted octanol–water partition coefficient (Wildman–Crippen LogP) is 3.65. The second-order valence-electron chi connectivity index (χ2n) is 8.12. The summed E-state index contributed by atoms with van der Waals surface area (Å²) in [5.41, 5.74) is 2.20. The number of rotatable bonds is 6. The number of nitrogens with one attached hydrogen (secondary N) is 1. The molecule has 3 rings (SSSR count). The summed E-state index contributed by atoms with van der Waals surface area (Å²) in [6.45, 7) is 8.80. The van der Waals surface area contributed by atoms with Gasteiger partial charge >= 0.3 is 0 Å². The lowest BCUT2D eigenvalue weighted by atomic mass is 9.87. The van der Waals surface area contributed by atoms with Crippen LogP contribution in [0.15, 0.2) is 65.5 Å². The molecule has 0 aliphatic rings. The van der Waals surface area contributed by atoms with Crippen LogP contribution in [0.3, 0.4) is 0 Å². The summed E-state index contributed by atoms with van der Waals surface area (Å²) < 4.78 is 7.27.